The van der Waals surface area contributed by atoms with E-state index in [1.165, 1.54) is 0 Å². The molecule has 2 aromatic rings. The number of carbonyl (C=O) groups is 2. The summed E-state index contributed by atoms with van der Waals surface area (Å²) in [7, 11) is 1.62. The fourth-order valence-corrected chi connectivity index (χ4v) is 3.70. The van der Waals surface area contributed by atoms with Gasteiger partial charge in [0, 0.05) is 64.8 Å². The van der Waals surface area contributed by atoms with E-state index in [0.717, 1.165) is 11.3 Å². The lowest BCUT2D eigenvalue weighted by Gasteiger charge is -2.40. The van der Waals surface area contributed by atoms with Crippen LogP contribution >= 0.6 is 0 Å². The zero-order valence-corrected chi connectivity index (χ0v) is 17.3. The SMILES string of the molecule is COc1ccc(-c2noc(N3CCN(C(=O)N4CCN(C(C)=O)CC4)CC3)n2)cc1. The van der Waals surface area contributed by atoms with Crippen LogP contribution in [0.4, 0.5) is 10.8 Å². The zero-order valence-electron chi connectivity index (χ0n) is 17.3. The van der Waals surface area contributed by atoms with Gasteiger partial charge in [0.25, 0.3) is 0 Å². The zero-order chi connectivity index (χ0) is 21.1. The average molecular weight is 414 g/mol. The minimum atomic E-state index is 0.0299. The van der Waals surface area contributed by atoms with Crippen LogP contribution in [-0.2, 0) is 4.79 Å². The molecule has 3 amide bonds. The minimum absolute atomic E-state index is 0.0299. The lowest BCUT2D eigenvalue weighted by Crippen LogP contribution is -2.57. The predicted octanol–water partition coefficient (Wildman–Crippen LogP) is 1.15. The monoisotopic (exact) mass is 414 g/mol. The van der Waals surface area contributed by atoms with Crippen LogP contribution < -0.4 is 9.64 Å². The van der Waals surface area contributed by atoms with Crippen LogP contribution in [0.5, 0.6) is 5.75 Å². The van der Waals surface area contributed by atoms with Crippen molar-refractivity contribution in [3.05, 3.63) is 24.3 Å². The van der Waals surface area contributed by atoms with E-state index < -0.39 is 0 Å². The van der Waals surface area contributed by atoms with Crippen molar-refractivity contribution in [2.75, 3.05) is 64.4 Å². The lowest BCUT2D eigenvalue weighted by molar-refractivity contribution is -0.130. The standard InChI is InChI=1S/C20H26N6O4/c1-15(27)23-7-11-25(12-8-23)20(28)26-13-9-24(10-14-26)19-21-18(22-30-19)16-3-5-17(29-2)6-4-16/h3-6H,7-14H2,1-2H3. The fraction of sp³-hybridized carbons (Fsp3) is 0.500. The van der Waals surface area contributed by atoms with E-state index in [4.69, 9.17) is 9.26 Å². The summed E-state index contributed by atoms with van der Waals surface area (Å²) in [5, 5.41) is 4.08. The highest BCUT2D eigenvalue weighted by molar-refractivity contribution is 5.76. The lowest BCUT2D eigenvalue weighted by atomic mass is 10.2. The van der Waals surface area contributed by atoms with Gasteiger partial charge in [-0.2, -0.15) is 4.98 Å². The van der Waals surface area contributed by atoms with Crippen molar-refractivity contribution in [2.45, 2.75) is 6.92 Å². The maximum absolute atomic E-state index is 12.8. The Kier molecular flexibility index (Phi) is 5.73. The molecule has 10 nitrogen and oxygen atoms in total. The van der Waals surface area contributed by atoms with Gasteiger partial charge in [0.2, 0.25) is 11.7 Å². The third-order valence-corrected chi connectivity index (χ3v) is 5.58. The Morgan fingerprint density at radius 3 is 2.03 bits per heavy atom. The maximum Gasteiger partial charge on any atom is 0.324 e. The van der Waals surface area contributed by atoms with Crippen molar-refractivity contribution in [1.82, 2.24) is 24.8 Å². The second kappa shape index (κ2) is 8.60. The number of carbonyl (C=O) groups excluding carboxylic acids is 2. The Labute approximate surface area is 175 Å². The number of aromatic nitrogens is 2. The van der Waals surface area contributed by atoms with Gasteiger partial charge in [-0.3, -0.25) is 4.79 Å². The summed E-state index contributed by atoms with van der Waals surface area (Å²) < 4.78 is 10.6. The summed E-state index contributed by atoms with van der Waals surface area (Å²) in [4.78, 5) is 36.2. The minimum Gasteiger partial charge on any atom is -0.497 e. The number of anilines is 1. The molecule has 0 unspecified atom stereocenters. The van der Waals surface area contributed by atoms with E-state index in [1.54, 1.807) is 18.9 Å². The summed E-state index contributed by atoms with van der Waals surface area (Å²) in [5.74, 6) is 1.35. The van der Waals surface area contributed by atoms with Gasteiger partial charge in [-0.1, -0.05) is 5.16 Å². The summed E-state index contributed by atoms with van der Waals surface area (Å²) >= 11 is 0. The molecule has 10 heteroatoms. The molecular formula is C20H26N6O4. The van der Waals surface area contributed by atoms with Crippen molar-refractivity contribution in [3.63, 3.8) is 0 Å². The van der Waals surface area contributed by atoms with E-state index in [-0.39, 0.29) is 11.9 Å². The Hall–Kier alpha value is -3.30. The van der Waals surface area contributed by atoms with Gasteiger partial charge in [0.15, 0.2) is 0 Å². The molecule has 2 fully saturated rings. The molecule has 4 rings (SSSR count). The molecule has 0 saturated carbocycles. The highest BCUT2D eigenvalue weighted by Gasteiger charge is 2.29. The fourth-order valence-electron chi connectivity index (χ4n) is 3.70. The summed E-state index contributed by atoms with van der Waals surface area (Å²) in [5.41, 5.74) is 0.851. The molecule has 0 radical (unpaired) electrons. The number of rotatable bonds is 3. The molecule has 3 heterocycles. The Balaban J connectivity index is 1.31. The van der Waals surface area contributed by atoms with Crippen molar-refractivity contribution < 1.29 is 18.8 Å². The topological polar surface area (TPSA) is 95.3 Å². The first kappa shape index (κ1) is 20.0. The molecule has 0 spiro atoms. The van der Waals surface area contributed by atoms with E-state index in [0.29, 0.717) is 64.2 Å². The van der Waals surface area contributed by atoms with Crippen molar-refractivity contribution in [1.29, 1.82) is 0 Å². The summed E-state index contributed by atoms with van der Waals surface area (Å²) in [6, 6.07) is 7.97. The normalized spacial score (nSPS) is 17.3. The number of amides is 3. The maximum atomic E-state index is 12.8. The van der Waals surface area contributed by atoms with Crippen LogP contribution in [0.1, 0.15) is 6.92 Å². The van der Waals surface area contributed by atoms with E-state index in [9.17, 15) is 9.59 Å². The van der Waals surface area contributed by atoms with E-state index >= 15 is 0 Å². The smallest absolute Gasteiger partial charge is 0.324 e. The molecule has 0 aliphatic carbocycles. The van der Waals surface area contributed by atoms with Crippen LogP contribution in [0.3, 0.4) is 0 Å². The van der Waals surface area contributed by atoms with E-state index in [2.05, 4.69) is 10.1 Å². The Morgan fingerprint density at radius 2 is 1.47 bits per heavy atom. The predicted molar refractivity (Wildman–Crippen MR) is 109 cm³/mol. The first-order chi connectivity index (χ1) is 14.5. The molecule has 30 heavy (non-hydrogen) atoms. The number of methoxy groups -OCH3 is 1. The van der Waals surface area contributed by atoms with Gasteiger partial charge in [-0.15, -0.1) is 0 Å². The second-order valence-electron chi connectivity index (χ2n) is 7.38. The molecular weight excluding hydrogens is 388 g/mol. The van der Waals surface area contributed by atoms with Crippen LogP contribution in [0.2, 0.25) is 0 Å². The largest absolute Gasteiger partial charge is 0.497 e. The molecule has 2 aliphatic rings. The van der Waals surface area contributed by atoms with Crippen molar-refractivity contribution in [3.8, 4) is 17.1 Å². The molecule has 2 saturated heterocycles. The first-order valence-corrected chi connectivity index (χ1v) is 10.1. The highest BCUT2D eigenvalue weighted by Crippen LogP contribution is 2.23. The number of hydrogen-bond donors (Lipinski definition) is 0. The van der Waals surface area contributed by atoms with Crippen molar-refractivity contribution >= 4 is 18.0 Å². The Bertz CT molecular complexity index is 883. The number of ether oxygens (including phenoxy) is 1. The van der Waals surface area contributed by atoms with Gasteiger partial charge in [0.1, 0.15) is 5.75 Å². The van der Waals surface area contributed by atoms with Gasteiger partial charge in [-0.25, -0.2) is 4.79 Å². The quantitative estimate of drug-likeness (QED) is 0.743. The molecule has 160 valence electrons. The molecule has 1 aromatic carbocycles. The second-order valence-corrected chi connectivity index (χ2v) is 7.38. The number of benzene rings is 1. The summed E-state index contributed by atoms with van der Waals surface area (Å²) in [6.07, 6.45) is 0. The number of nitrogens with zero attached hydrogens (tertiary/aromatic N) is 6. The van der Waals surface area contributed by atoms with Crippen LogP contribution in [-0.4, -0.2) is 96.2 Å². The molecule has 0 atom stereocenters. The molecule has 0 N–H and O–H groups in total. The van der Waals surface area contributed by atoms with E-state index in [1.807, 2.05) is 39.0 Å². The summed E-state index contributed by atoms with van der Waals surface area (Å²) in [6.45, 7) is 6.34. The van der Waals surface area contributed by atoms with Crippen molar-refractivity contribution in [2.24, 2.45) is 0 Å². The van der Waals surface area contributed by atoms with Crippen LogP contribution in [0.15, 0.2) is 28.8 Å². The highest BCUT2D eigenvalue weighted by atomic mass is 16.5. The van der Waals surface area contributed by atoms with Crippen LogP contribution in [0, 0.1) is 0 Å². The van der Waals surface area contributed by atoms with Gasteiger partial charge in [0.05, 0.1) is 7.11 Å². The molecule has 0 bridgehead atoms. The van der Waals surface area contributed by atoms with Gasteiger partial charge in [-0.05, 0) is 24.3 Å². The third kappa shape index (κ3) is 4.17. The average Bonchev–Trinajstić information content (AvgIpc) is 3.29. The first-order valence-electron chi connectivity index (χ1n) is 10.1. The van der Waals surface area contributed by atoms with Gasteiger partial charge < -0.3 is 28.9 Å². The molecule has 2 aliphatic heterocycles. The number of hydrogen-bond acceptors (Lipinski definition) is 7. The number of urea groups is 1. The third-order valence-electron chi connectivity index (χ3n) is 5.58. The van der Waals surface area contributed by atoms with Crippen LogP contribution in [0.25, 0.3) is 11.4 Å². The van der Waals surface area contributed by atoms with Gasteiger partial charge >= 0.3 is 12.0 Å². The molecule has 1 aromatic heterocycles. The Morgan fingerprint density at radius 1 is 0.900 bits per heavy atom. The number of piperazine rings is 2.